The molecule has 0 bridgehead atoms. The molecule has 0 spiro atoms. The predicted molar refractivity (Wildman–Crippen MR) is 78.7 cm³/mol. The number of benzene rings is 1. The summed E-state index contributed by atoms with van der Waals surface area (Å²) in [5.41, 5.74) is 1.32. The van der Waals surface area contributed by atoms with Gasteiger partial charge in [0.15, 0.2) is 5.82 Å². The first-order chi connectivity index (χ1) is 9.28. The van der Waals surface area contributed by atoms with Crippen molar-refractivity contribution in [1.29, 1.82) is 0 Å². The molecule has 3 nitrogen and oxygen atoms in total. The second kappa shape index (κ2) is 5.37. The van der Waals surface area contributed by atoms with Crippen LogP contribution in [0.4, 0.5) is 0 Å². The molecule has 1 aliphatic rings. The van der Waals surface area contributed by atoms with E-state index in [1.54, 1.807) is 11.8 Å². The quantitative estimate of drug-likeness (QED) is 0.802. The number of thioether (sulfide) groups is 1. The number of nitrogens with zero attached hydrogens (tertiary/aromatic N) is 3. The Bertz CT molecular complexity index is 577. The minimum atomic E-state index is 0.547. The molecule has 0 N–H and O–H groups in total. The molecule has 1 atom stereocenters. The van der Waals surface area contributed by atoms with Gasteiger partial charge in [-0.15, -0.1) is 11.8 Å². The Morgan fingerprint density at radius 2 is 2.21 bits per heavy atom. The molecule has 0 aliphatic carbocycles. The van der Waals surface area contributed by atoms with Crippen molar-refractivity contribution in [1.82, 2.24) is 14.8 Å². The third-order valence-electron chi connectivity index (χ3n) is 3.73. The SMILES string of the molecule is CSc1ccccc1Cc1nc2n(n1)CCCC2C. The average Bonchev–Trinajstić information content (AvgIpc) is 2.83. The van der Waals surface area contributed by atoms with Gasteiger partial charge in [0.1, 0.15) is 5.82 Å². The monoisotopic (exact) mass is 273 g/mol. The molecular formula is C15H19N3S. The number of rotatable bonds is 3. The van der Waals surface area contributed by atoms with Crippen molar-refractivity contribution in [3.8, 4) is 0 Å². The van der Waals surface area contributed by atoms with Crippen molar-refractivity contribution >= 4 is 11.8 Å². The van der Waals surface area contributed by atoms with E-state index in [0.717, 1.165) is 18.8 Å². The van der Waals surface area contributed by atoms with Crippen LogP contribution in [0.15, 0.2) is 29.2 Å². The summed E-state index contributed by atoms with van der Waals surface area (Å²) < 4.78 is 2.10. The van der Waals surface area contributed by atoms with Crippen LogP contribution < -0.4 is 0 Å². The van der Waals surface area contributed by atoms with Crippen molar-refractivity contribution in [3.63, 3.8) is 0 Å². The molecule has 0 saturated carbocycles. The van der Waals surface area contributed by atoms with Gasteiger partial charge in [0.25, 0.3) is 0 Å². The van der Waals surface area contributed by atoms with Crippen LogP contribution in [0.2, 0.25) is 0 Å². The summed E-state index contributed by atoms with van der Waals surface area (Å²) in [6, 6.07) is 8.52. The second-order valence-electron chi connectivity index (χ2n) is 5.14. The van der Waals surface area contributed by atoms with E-state index in [4.69, 9.17) is 4.98 Å². The van der Waals surface area contributed by atoms with E-state index in [1.165, 1.54) is 29.1 Å². The Kier molecular flexibility index (Phi) is 3.60. The smallest absolute Gasteiger partial charge is 0.155 e. The summed E-state index contributed by atoms with van der Waals surface area (Å²) in [6.07, 6.45) is 5.41. The van der Waals surface area contributed by atoms with Crippen molar-refractivity contribution in [3.05, 3.63) is 41.5 Å². The Labute approximate surface area is 118 Å². The minimum Gasteiger partial charge on any atom is -0.250 e. The molecule has 1 aromatic carbocycles. The van der Waals surface area contributed by atoms with Crippen molar-refractivity contribution in [2.45, 2.75) is 43.5 Å². The lowest BCUT2D eigenvalue weighted by molar-refractivity contribution is 0.431. The van der Waals surface area contributed by atoms with Crippen LogP contribution in [-0.2, 0) is 13.0 Å². The molecule has 0 saturated heterocycles. The number of fused-ring (bicyclic) bond motifs is 1. The summed E-state index contributed by atoms with van der Waals surface area (Å²) in [5.74, 6) is 2.68. The van der Waals surface area contributed by atoms with E-state index in [1.807, 2.05) is 0 Å². The molecule has 0 fully saturated rings. The fourth-order valence-electron chi connectivity index (χ4n) is 2.70. The minimum absolute atomic E-state index is 0.547. The van der Waals surface area contributed by atoms with Crippen molar-refractivity contribution in [2.75, 3.05) is 6.26 Å². The highest BCUT2D eigenvalue weighted by molar-refractivity contribution is 7.98. The maximum Gasteiger partial charge on any atom is 0.155 e. The van der Waals surface area contributed by atoms with Gasteiger partial charge in [-0.1, -0.05) is 25.1 Å². The van der Waals surface area contributed by atoms with Crippen LogP contribution in [0.1, 0.15) is 42.9 Å². The molecule has 100 valence electrons. The Balaban J connectivity index is 1.88. The van der Waals surface area contributed by atoms with Crippen LogP contribution in [0.5, 0.6) is 0 Å². The van der Waals surface area contributed by atoms with Gasteiger partial charge in [0.05, 0.1) is 0 Å². The summed E-state index contributed by atoms with van der Waals surface area (Å²) >= 11 is 1.79. The van der Waals surface area contributed by atoms with Crippen LogP contribution in [0, 0.1) is 0 Å². The number of aromatic nitrogens is 3. The Hall–Kier alpha value is -1.29. The largest absolute Gasteiger partial charge is 0.250 e. The Morgan fingerprint density at radius 1 is 1.37 bits per heavy atom. The van der Waals surface area contributed by atoms with Crippen LogP contribution in [0.25, 0.3) is 0 Å². The first-order valence-corrected chi connectivity index (χ1v) is 8.06. The molecule has 1 aromatic heterocycles. The molecule has 19 heavy (non-hydrogen) atoms. The highest BCUT2D eigenvalue weighted by Gasteiger charge is 2.20. The van der Waals surface area contributed by atoms with E-state index < -0.39 is 0 Å². The van der Waals surface area contributed by atoms with Gasteiger partial charge in [0.2, 0.25) is 0 Å². The van der Waals surface area contributed by atoms with E-state index in [9.17, 15) is 0 Å². The topological polar surface area (TPSA) is 30.7 Å². The van der Waals surface area contributed by atoms with E-state index >= 15 is 0 Å². The zero-order valence-corrected chi connectivity index (χ0v) is 12.3. The highest BCUT2D eigenvalue weighted by atomic mass is 32.2. The fourth-order valence-corrected chi connectivity index (χ4v) is 3.32. The normalized spacial score (nSPS) is 18.3. The van der Waals surface area contributed by atoms with E-state index in [2.05, 4.69) is 47.2 Å². The van der Waals surface area contributed by atoms with E-state index in [0.29, 0.717) is 5.92 Å². The number of hydrogen-bond donors (Lipinski definition) is 0. The third kappa shape index (κ3) is 2.54. The van der Waals surface area contributed by atoms with Gasteiger partial charge in [-0.3, -0.25) is 0 Å². The lowest BCUT2D eigenvalue weighted by Crippen LogP contribution is -2.14. The average molecular weight is 273 g/mol. The van der Waals surface area contributed by atoms with Crippen LogP contribution in [-0.4, -0.2) is 21.0 Å². The second-order valence-corrected chi connectivity index (χ2v) is 5.99. The molecule has 1 unspecified atom stereocenters. The standard InChI is InChI=1S/C15H19N3S/c1-11-6-5-9-18-15(11)16-14(17-18)10-12-7-3-4-8-13(12)19-2/h3-4,7-8,11H,5-6,9-10H2,1-2H3. The van der Waals surface area contributed by atoms with Gasteiger partial charge in [-0.25, -0.2) is 9.67 Å². The predicted octanol–water partition coefficient (Wildman–Crippen LogP) is 3.49. The molecule has 0 amide bonds. The first-order valence-electron chi connectivity index (χ1n) is 6.83. The molecule has 4 heteroatoms. The van der Waals surface area contributed by atoms with Crippen molar-refractivity contribution in [2.24, 2.45) is 0 Å². The summed E-state index contributed by atoms with van der Waals surface area (Å²) in [6.45, 7) is 3.27. The van der Waals surface area contributed by atoms with Gasteiger partial charge >= 0.3 is 0 Å². The van der Waals surface area contributed by atoms with Gasteiger partial charge in [-0.2, -0.15) is 5.10 Å². The lowest BCUT2D eigenvalue weighted by Gasteiger charge is -2.17. The summed E-state index contributed by atoms with van der Waals surface area (Å²) in [5, 5.41) is 4.67. The maximum absolute atomic E-state index is 4.75. The number of aryl methyl sites for hydroxylation is 1. The third-order valence-corrected chi connectivity index (χ3v) is 4.57. The first kappa shape index (κ1) is 12.7. The summed E-state index contributed by atoms with van der Waals surface area (Å²) in [4.78, 5) is 6.07. The van der Waals surface area contributed by atoms with Gasteiger partial charge < -0.3 is 0 Å². The Morgan fingerprint density at radius 3 is 3.00 bits per heavy atom. The summed E-state index contributed by atoms with van der Waals surface area (Å²) in [7, 11) is 0. The van der Waals surface area contributed by atoms with Gasteiger partial charge in [0, 0.05) is 23.8 Å². The zero-order valence-electron chi connectivity index (χ0n) is 11.5. The zero-order chi connectivity index (χ0) is 13.2. The molecular weight excluding hydrogens is 254 g/mol. The van der Waals surface area contributed by atoms with E-state index in [-0.39, 0.29) is 0 Å². The van der Waals surface area contributed by atoms with Crippen LogP contribution in [0.3, 0.4) is 0 Å². The van der Waals surface area contributed by atoms with Gasteiger partial charge in [-0.05, 0) is 30.7 Å². The molecule has 2 aromatic rings. The molecule has 1 aliphatic heterocycles. The van der Waals surface area contributed by atoms with Crippen LogP contribution >= 0.6 is 11.8 Å². The molecule has 2 heterocycles. The number of hydrogen-bond acceptors (Lipinski definition) is 3. The lowest BCUT2D eigenvalue weighted by atomic mass is 10.0. The molecule has 0 radical (unpaired) electrons. The highest BCUT2D eigenvalue weighted by Crippen LogP contribution is 2.26. The maximum atomic E-state index is 4.75. The molecule has 3 rings (SSSR count). The fraction of sp³-hybridized carbons (Fsp3) is 0.467. The van der Waals surface area contributed by atoms with Crippen molar-refractivity contribution < 1.29 is 0 Å².